The monoisotopic (exact) mass is 463 g/mol. The van der Waals surface area contributed by atoms with Crippen LogP contribution in [0, 0.1) is 0 Å². The quantitative estimate of drug-likeness (QED) is 0.440. The molecular formula is C27H33N3O4. The van der Waals surface area contributed by atoms with Crippen LogP contribution in [0.15, 0.2) is 72.8 Å². The average Bonchev–Trinajstić information content (AvgIpc) is 2.83. The highest BCUT2D eigenvalue weighted by Crippen LogP contribution is 2.22. The molecule has 7 nitrogen and oxygen atoms in total. The molecule has 0 bridgehead atoms. The van der Waals surface area contributed by atoms with E-state index in [0.29, 0.717) is 18.7 Å². The number of carbonyl (C=O) groups is 1. The number of nitrogens with one attached hydrogen (secondary N) is 1. The molecule has 0 fully saturated rings. The molecule has 0 aliphatic rings. The van der Waals surface area contributed by atoms with Gasteiger partial charge in [0.1, 0.15) is 11.5 Å². The van der Waals surface area contributed by atoms with Crippen molar-refractivity contribution in [1.82, 2.24) is 5.32 Å². The topological polar surface area (TPSA) is 63.3 Å². The Labute approximate surface area is 201 Å². The predicted molar refractivity (Wildman–Crippen MR) is 136 cm³/mol. The van der Waals surface area contributed by atoms with Gasteiger partial charge in [0, 0.05) is 58.6 Å². The maximum atomic E-state index is 12.6. The molecule has 1 amide bonds. The van der Waals surface area contributed by atoms with Gasteiger partial charge in [0.25, 0.3) is 0 Å². The third kappa shape index (κ3) is 7.33. The second kappa shape index (κ2) is 11.8. The molecule has 1 unspecified atom stereocenters. The molecular weight excluding hydrogens is 430 g/mol. The number of rotatable bonds is 10. The summed E-state index contributed by atoms with van der Waals surface area (Å²) in [6.07, 6.45) is -0.956. The molecule has 7 heteroatoms. The summed E-state index contributed by atoms with van der Waals surface area (Å²) < 4.78 is 17.0. The normalized spacial score (nSPS) is 11.3. The van der Waals surface area contributed by atoms with E-state index in [1.165, 1.54) is 0 Å². The molecule has 0 aliphatic heterocycles. The fourth-order valence-corrected chi connectivity index (χ4v) is 3.30. The van der Waals surface area contributed by atoms with Gasteiger partial charge in [-0.25, -0.2) is 4.79 Å². The molecule has 0 aromatic heterocycles. The van der Waals surface area contributed by atoms with Crippen LogP contribution in [0.1, 0.15) is 11.1 Å². The second-order valence-electron chi connectivity index (χ2n) is 8.31. The summed E-state index contributed by atoms with van der Waals surface area (Å²) in [6, 6.07) is 23.2. The molecule has 3 aromatic carbocycles. The fourth-order valence-electron chi connectivity index (χ4n) is 3.30. The Morgan fingerprint density at radius 1 is 0.824 bits per heavy atom. The van der Waals surface area contributed by atoms with E-state index in [2.05, 4.69) is 5.32 Å². The lowest BCUT2D eigenvalue weighted by Crippen LogP contribution is -2.33. The number of anilines is 2. The lowest BCUT2D eigenvalue weighted by Gasteiger charge is -2.21. The summed E-state index contributed by atoms with van der Waals surface area (Å²) in [5.41, 5.74) is 4.03. The Morgan fingerprint density at radius 2 is 1.47 bits per heavy atom. The second-order valence-corrected chi connectivity index (χ2v) is 8.31. The van der Waals surface area contributed by atoms with Gasteiger partial charge in [0.2, 0.25) is 6.29 Å². The van der Waals surface area contributed by atoms with Crippen molar-refractivity contribution >= 4 is 17.5 Å². The summed E-state index contributed by atoms with van der Waals surface area (Å²) in [6.45, 7) is 0.359. The van der Waals surface area contributed by atoms with Crippen molar-refractivity contribution in [2.45, 2.75) is 19.3 Å². The summed E-state index contributed by atoms with van der Waals surface area (Å²) in [5, 5.41) is 2.81. The molecule has 1 atom stereocenters. The van der Waals surface area contributed by atoms with E-state index in [9.17, 15) is 4.79 Å². The fraction of sp³-hybridized carbons (Fsp3) is 0.296. The zero-order valence-corrected chi connectivity index (χ0v) is 20.4. The number of amides is 1. The van der Waals surface area contributed by atoms with Crippen molar-refractivity contribution in [2.24, 2.45) is 0 Å². The molecule has 180 valence electrons. The Kier molecular flexibility index (Phi) is 8.62. The zero-order valence-electron chi connectivity index (χ0n) is 20.4. The van der Waals surface area contributed by atoms with Gasteiger partial charge in [-0.3, -0.25) is 0 Å². The van der Waals surface area contributed by atoms with Crippen LogP contribution in [0.25, 0.3) is 0 Å². The van der Waals surface area contributed by atoms with E-state index >= 15 is 0 Å². The number of benzene rings is 3. The largest absolute Gasteiger partial charge is 0.497 e. The van der Waals surface area contributed by atoms with Crippen LogP contribution in [0.2, 0.25) is 0 Å². The van der Waals surface area contributed by atoms with E-state index in [1.54, 1.807) is 7.11 Å². The predicted octanol–water partition coefficient (Wildman–Crippen LogP) is 4.70. The van der Waals surface area contributed by atoms with Crippen LogP contribution in [-0.2, 0) is 17.7 Å². The molecule has 0 radical (unpaired) electrons. The highest BCUT2D eigenvalue weighted by atomic mass is 16.7. The van der Waals surface area contributed by atoms with Crippen molar-refractivity contribution in [3.8, 4) is 11.5 Å². The number of ether oxygens (including phenoxy) is 3. The van der Waals surface area contributed by atoms with Crippen LogP contribution >= 0.6 is 0 Å². The smallest absolute Gasteiger partial charge is 0.410 e. The maximum absolute atomic E-state index is 12.6. The van der Waals surface area contributed by atoms with Gasteiger partial charge < -0.3 is 29.3 Å². The molecule has 0 spiro atoms. The highest BCUT2D eigenvalue weighted by Gasteiger charge is 2.18. The Hall–Kier alpha value is -3.87. The van der Waals surface area contributed by atoms with E-state index in [-0.39, 0.29) is 0 Å². The van der Waals surface area contributed by atoms with Crippen LogP contribution in [0.3, 0.4) is 0 Å². The van der Waals surface area contributed by atoms with Crippen molar-refractivity contribution in [3.63, 3.8) is 0 Å². The lowest BCUT2D eigenvalue weighted by atomic mass is 10.1. The first-order valence-corrected chi connectivity index (χ1v) is 11.1. The van der Waals surface area contributed by atoms with Gasteiger partial charge in [-0.05, 0) is 47.5 Å². The Morgan fingerprint density at radius 3 is 2.09 bits per heavy atom. The number of hydrogen-bond acceptors (Lipinski definition) is 6. The summed E-state index contributed by atoms with van der Waals surface area (Å²) >= 11 is 0. The first-order chi connectivity index (χ1) is 16.3. The number of carbonyl (C=O) groups excluding carboxylic acids is 1. The third-order valence-corrected chi connectivity index (χ3v) is 5.29. The van der Waals surface area contributed by atoms with Crippen LogP contribution in [-0.4, -0.2) is 47.7 Å². The summed E-state index contributed by atoms with van der Waals surface area (Å²) in [4.78, 5) is 16.6. The first kappa shape index (κ1) is 24.8. The van der Waals surface area contributed by atoms with Crippen LogP contribution in [0.4, 0.5) is 16.2 Å². The van der Waals surface area contributed by atoms with Crippen molar-refractivity contribution in [3.05, 3.63) is 83.9 Å². The van der Waals surface area contributed by atoms with Gasteiger partial charge in [-0.15, -0.1) is 0 Å². The molecule has 0 heterocycles. The van der Waals surface area contributed by atoms with Crippen molar-refractivity contribution in [2.75, 3.05) is 45.1 Å². The van der Waals surface area contributed by atoms with E-state index in [1.807, 2.05) is 111 Å². The summed E-state index contributed by atoms with van der Waals surface area (Å²) in [5.74, 6) is 1.38. The SMILES string of the molecule is COc1ccc(CC(OC(=O)NCc2ccc(N(C)C)cc2)Oc2cccc(N(C)C)c2)cc1. The van der Waals surface area contributed by atoms with Gasteiger partial charge in [-0.1, -0.05) is 30.3 Å². The number of alkyl carbamates (subject to hydrolysis) is 1. The van der Waals surface area contributed by atoms with Crippen molar-refractivity contribution in [1.29, 1.82) is 0 Å². The minimum atomic E-state index is -0.804. The van der Waals surface area contributed by atoms with Crippen molar-refractivity contribution < 1.29 is 19.0 Å². The number of methoxy groups -OCH3 is 1. The van der Waals surface area contributed by atoms with E-state index in [4.69, 9.17) is 14.2 Å². The van der Waals surface area contributed by atoms with Crippen LogP contribution < -0.4 is 24.6 Å². The molecule has 1 N–H and O–H groups in total. The molecule has 0 saturated carbocycles. The third-order valence-electron chi connectivity index (χ3n) is 5.29. The maximum Gasteiger partial charge on any atom is 0.410 e. The molecule has 3 aromatic rings. The molecule has 3 rings (SSSR count). The van der Waals surface area contributed by atoms with Gasteiger partial charge in [0.15, 0.2) is 0 Å². The summed E-state index contributed by atoms with van der Waals surface area (Å²) in [7, 11) is 9.52. The molecule has 34 heavy (non-hydrogen) atoms. The number of nitrogens with zero attached hydrogens (tertiary/aromatic N) is 2. The minimum Gasteiger partial charge on any atom is -0.497 e. The Balaban J connectivity index is 1.67. The molecule has 0 aliphatic carbocycles. The van der Waals surface area contributed by atoms with E-state index in [0.717, 1.165) is 28.3 Å². The van der Waals surface area contributed by atoms with E-state index < -0.39 is 12.4 Å². The van der Waals surface area contributed by atoms with Gasteiger partial charge >= 0.3 is 6.09 Å². The first-order valence-electron chi connectivity index (χ1n) is 11.1. The van der Waals surface area contributed by atoms with Gasteiger partial charge in [0.05, 0.1) is 7.11 Å². The average molecular weight is 464 g/mol. The minimum absolute atomic E-state index is 0.359. The lowest BCUT2D eigenvalue weighted by molar-refractivity contribution is -0.0313. The Bertz CT molecular complexity index is 1050. The number of hydrogen-bond donors (Lipinski definition) is 1. The van der Waals surface area contributed by atoms with Crippen LogP contribution in [0.5, 0.6) is 11.5 Å². The highest BCUT2D eigenvalue weighted by molar-refractivity contribution is 5.67. The van der Waals surface area contributed by atoms with Gasteiger partial charge in [-0.2, -0.15) is 0 Å². The molecule has 0 saturated heterocycles. The zero-order chi connectivity index (χ0) is 24.5. The standard InChI is InChI=1S/C27H33N3O4/c1-29(2)22-13-9-21(10-14-22)19-28-27(31)34-26(17-20-11-15-24(32-5)16-12-20)33-25-8-6-7-23(18-25)30(3)4/h6-16,18,26H,17,19H2,1-5H3,(H,28,31).